The van der Waals surface area contributed by atoms with Crippen LogP contribution < -0.4 is 10.6 Å². The first-order chi connectivity index (χ1) is 13.8. The fourth-order valence-electron chi connectivity index (χ4n) is 2.96. The second-order valence-electron chi connectivity index (χ2n) is 6.30. The molecule has 0 radical (unpaired) electrons. The molecule has 150 valence electrons. The Labute approximate surface area is 164 Å². The number of alkyl halides is 3. The van der Waals surface area contributed by atoms with Gasteiger partial charge in [0.1, 0.15) is 0 Å². The fourth-order valence-corrected chi connectivity index (χ4v) is 2.96. The number of nitrogens with one attached hydrogen (secondary N) is 2. The van der Waals surface area contributed by atoms with Crippen molar-refractivity contribution in [3.63, 3.8) is 0 Å². The van der Waals surface area contributed by atoms with Gasteiger partial charge in [0, 0.05) is 18.7 Å². The summed E-state index contributed by atoms with van der Waals surface area (Å²) < 4.78 is 38.3. The topological polar surface area (TPSA) is 78.4 Å². The van der Waals surface area contributed by atoms with E-state index in [0.29, 0.717) is 11.1 Å². The van der Waals surface area contributed by atoms with Crippen LogP contribution in [0.1, 0.15) is 15.9 Å². The molecule has 29 heavy (non-hydrogen) atoms. The van der Waals surface area contributed by atoms with Crippen LogP contribution in [0.3, 0.4) is 0 Å². The Bertz CT molecular complexity index is 1050. The van der Waals surface area contributed by atoms with Gasteiger partial charge in [0.25, 0.3) is 5.91 Å². The molecule has 2 amide bonds. The average Bonchev–Trinajstić information content (AvgIpc) is 2.69. The molecule has 0 aliphatic heterocycles. The highest BCUT2D eigenvalue weighted by Crippen LogP contribution is 2.33. The van der Waals surface area contributed by atoms with Crippen LogP contribution in [0.2, 0.25) is 0 Å². The van der Waals surface area contributed by atoms with Gasteiger partial charge in [-0.05, 0) is 46.2 Å². The maximum absolute atomic E-state index is 12.8. The number of benzene rings is 3. The molecule has 0 bridgehead atoms. The van der Waals surface area contributed by atoms with E-state index in [9.17, 15) is 22.8 Å². The first-order valence-electron chi connectivity index (χ1n) is 8.71. The van der Waals surface area contributed by atoms with E-state index in [1.165, 1.54) is 12.1 Å². The second-order valence-corrected chi connectivity index (χ2v) is 6.30. The van der Waals surface area contributed by atoms with Gasteiger partial charge in [-0.3, -0.25) is 4.79 Å². The van der Waals surface area contributed by atoms with Crippen molar-refractivity contribution < 1.29 is 27.9 Å². The Morgan fingerprint density at radius 2 is 1.59 bits per heavy atom. The summed E-state index contributed by atoms with van der Waals surface area (Å²) in [4.78, 5) is 22.6. The van der Waals surface area contributed by atoms with Gasteiger partial charge < -0.3 is 15.7 Å². The van der Waals surface area contributed by atoms with Crippen molar-refractivity contribution in [3.05, 3.63) is 71.8 Å². The number of carbonyl (C=O) groups is 2. The number of carboxylic acid groups (broad SMARTS) is 1. The molecule has 3 N–H and O–H groups in total. The molecule has 0 fully saturated rings. The van der Waals surface area contributed by atoms with E-state index in [1.54, 1.807) is 24.3 Å². The van der Waals surface area contributed by atoms with Crippen molar-refractivity contribution in [2.75, 3.05) is 13.1 Å². The number of halogens is 3. The van der Waals surface area contributed by atoms with E-state index in [-0.39, 0.29) is 19.0 Å². The normalized spacial score (nSPS) is 11.3. The van der Waals surface area contributed by atoms with Crippen molar-refractivity contribution in [1.29, 1.82) is 0 Å². The second kappa shape index (κ2) is 8.22. The van der Waals surface area contributed by atoms with Crippen LogP contribution in [-0.2, 0) is 6.18 Å². The van der Waals surface area contributed by atoms with E-state index < -0.39 is 17.8 Å². The minimum atomic E-state index is -4.39. The summed E-state index contributed by atoms with van der Waals surface area (Å²) in [5, 5.41) is 14.8. The molecule has 0 saturated carbocycles. The first-order valence-corrected chi connectivity index (χ1v) is 8.71. The van der Waals surface area contributed by atoms with E-state index in [4.69, 9.17) is 5.11 Å². The third kappa shape index (κ3) is 4.84. The molecule has 0 aromatic heterocycles. The fraction of sp³-hybridized carbons (Fsp3) is 0.143. The lowest BCUT2D eigenvalue weighted by Crippen LogP contribution is -2.33. The minimum absolute atomic E-state index is 0.0900. The maximum atomic E-state index is 12.8. The summed E-state index contributed by atoms with van der Waals surface area (Å²) in [5.74, 6) is -0.348. The molecule has 3 rings (SSSR count). The van der Waals surface area contributed by atoms with Crippen molar-refractivity contribution in [3.8, 4) is 11.1 Å². The first kappa shape index (κ1) is 20.2. The molecule has 5 nitrogen and oxygen atoms in total. The van der Waals surface area contributed by atoms with Crippen molar-refractivity contribution in [1.82, 2.24) is 10.6 Å². The van der Waals surface area contributed by atoms with Gasteiger partial charge in [0.05, 0.1) is 5.56 Å². The summed E-state index contributed by atoms with van der Waals surface area (Å²) in [6, 6.07) is 15.4. The third-order valence-corrected chi connectivity index (χ3v) is 4.35. The highest BCUT2D eigenvalue weighted by atomic mass is 19.4. The Kier molecular flexibility index (Phi) is 5.72. The summed E-state index contributed by atoms with van der Waals surface area (Å²) in [7, 11) is 0. The molecule has 0 atom stereocenters. The highest BCUT2D eigenvalue weighted by molar-refractivity contribution is 6.02. The van der Waals surface area contributed by atoms with Gasteiger partial charge >= 0.3 is 12.3 Å². The largest absolute Gasteiger partial charge is 0.465 e. The van der Waals surface area contributed by atoms with E-state index in [0.717, 1.165) is 28.5 Å². The number of hydrogen-bond donors (Lipinski definition) is 3. The molecular weight excluding hydrogens is 385 g/mol. The van der Waals surface area contributed by atoms with Gasteiger partial charge in [-0.1, -0.05) is 36.4 Å². The van der Waals surface area contributed by atoms with E-state index >= 15 is 0 Å². The van der Waals surface area contributed by atoms with E-state index in [2.05, 4.69) is 10.6 Å². The average molecular weight is 402 g/mol. The molecule has 8 heteroatoms. The molecule has 0 unspecified atom stereocenters. The zero-order valence-electron chi connectivity index (χ0n) is 15.1. The van der Waals surface area contributed by atoms with Crippen LogP contribution >= 0.6 is 0 Å². The number of amides is 2. The summed E-state index contributed by atoms with van der Waals surface area (Å²) in [6.45, 7) is 0.238. The third-order valence-electron chi connectivity index (χ3n) is 4.35. The van der Waals surface area contributed by atoms with Gasteiger partial charge in [0.15, 0.2) is 0 Å². The maximum Gasteiger partial charge on any atom is 0.416 e. The van der Waals surface area contributed by atoms with Gasteiger partial charge in [-0.25, -0.2) is 4.79 Å². The Morgan fingerprint density at radius 3 is 2.24 bits per heavy atom. The van der Waals surface area contributed by atoms with Gasteiger partial charge in [0.2, 0.25) is 0 Å². The molecular formula is C21H17F3N2O3. The molecule has 3 aromatic carbocycles. The molecule has 0 aliphatic rings. The Morgan fingerprint density at radius 1 is 0.897 bits per heavy atom. The lowest BCUT2D eigenvalue weighted by atomic mass is 9.96. The van der Waals surface area contributed by atoms with Crippen molar-refractivity contribution >= 4 is 22.8 Å². The predicted octanol–water partition coefficient (Wildman–Crippen LogP) is 4.52. The number of rotatable bonds is 5. The van der Waals surface area contributed by atoms with Crippen LogP contribution in [0.4, 0.5) is 18.0 Å². The molecule has 0 aliphatic carbocycles. The highest BCUT2D eigenvalue weighted by Gasteiger charge is 2.30. The Balaban J connectivity index is 1.83. The standard InChI is InChI=1S/C21H17F3N2O3/c22-21(23,24)16-7-4-13(5-8-16)17-3-1-2-14-12-15(6-9-18(14)17)19(27)25-10-11-26-20(28)29/h1-9,12,26H,10-11H2,(H,25,27)(H,28,29). The van der Waals surface area contributed by atoms with Crippen molar-refractivity contribution in [2.45, 2.75) is 6.18 Å². The zero-order valence-corrected chi connectivity index (χ0v) is 15.1. The number of fused-ring (bicyclic) bond motifs is 1. The Hall–Kier alpha value is -3.55. The van der Waals surface area contributed by atoms with E-state index in [1.807, 2.05) is 12.1 Å². The molecule has 0 saturated heterocycles. The number of carbonyl (C=O) groups excluding carboxylic acids is 1. The van der Waals surface area contributed by atoms with Crippen molar-refractivity contribution in [2.24, 2.45) is 0 Å². The molecule has 0 spiro atoms. The molecule has 0 heterocycles. The number of hydrogen-bond acceptors (Lipinski definition) is 2. The van der Waals surface area contributed by atoms with Crippen LogP contribution in [0.25, 0.3) is 21.9 Å². The lowest BCUT2D eigenvalue weighted by Gasteiger charge is -2.11. The summed E-state index contributed by atoms with van der Waals surface area (Å²) >= 11 is 0. The van der Waals surface area contributed by atoms with Gasteiger partial charge in [-0.2, -0.15) is 13.2 Å². The van der Waals surface area contributed by atoms with Crippen LogP contribution in [0.5, 0.6) is 0 Å². The minimum Gasteiger partial charge on any atom is -0.465 e. The van der Waals surface area contributed by atoms with Gasteiger partial charge in [-0.15, -0.1) is 0 Å². The van der Waals surface area contributed by atoms with Crippen LogP contribution in [-0.4, -0.2) is 30.2 Å². The quantitative estimate of drug-likeness (QED) is 0.549. The van der Waals surface area contributed by atoms with Crippen LogP contribution in [0, 0.1) is 0 Å². The lowest BCUT2D eigenvalue weighted by molar-refractivity contribution is -0.137. The summed E-state index contributed by atoms with van der Waals surface area (Å²) in [6.07, 6.45) is -5.56. The monoisotopic (exact) mass is 402 g/mol. The zero-order chi connectivity index (χ0) is 21.0. The smallest absolute Gasteiger partial charge is 0.416 e. The molecule has 3 aromatic rings. The summed E-state index contributed by atoms with van der Waals surface area (Å²) in [5.41, 5.74) is 1.09. The van der Waals surface area contributed by atoms with Crippen LogP contribution in [0.15, 0.2) is 60.7 Å². The predicted molar refractivity (Wildman–Crippen MR) is 103 cm³/mol. The SMILES string of the molecule is O=C(O)NCCNC(=O)c1ccc2c(-c3ccc(C(F)(F)F)cc3)cccc2c1.